The van der Waals surface area contributed by atoms with Crippen LogP contribution in [-0.4, -0.2) is 23.0 Å². The van der Waals surface area contributed by atoms with Crippen LogP contribution >= 0.6 is 0 Å². The van der Waals surface area contributed by atoms with Gasteiger partial charge in [0, 0.05) is 18.4 Å². The smallest absolute Gasteiger partial charge is 0.0351 e. The molecule has 0 aliphatic carbocycles. The lowest BCUT2D eigenvalue weighted by Crippen LogP contribution is -2.34. The van der Waals surface area contributed by atoms with Crippen molar-refractivity contribution in [2.75, 3.05) is 13.1 Å². The largest absolute Gasteiger partial charge is 0.296 e. The molecule has 1 atom stereocenters. The van der Waals surface area contributed by atoms with Gasteiger partial charge in [0.2, 0.25) is 0 Å². The number of piperidine rings is 1. The Morgan fingerprint density at radius 1 is 1.41 bits per heavy atom. The summed E-state index contributed by atoms with van der Waals surface area (Å²) in [5.74, 6) is 0. The van der Waals surface area contributed by atoms with Crippen LogP contribution in [0.25, 0.3) is 0 Å². The first kappa shape index (κ1) is 12.6. The number of aryl methyl sites for hydroxylation is 1. The van der Waals surface area contributed by atoms with Gasteiger partial charge >= 0.3 is 0 Å². The van der Waals surface area contributed by atoms with E-state index in [1.54, 1.807) is 0 Å². The fraction of sp³-hybridized carbons (Fsp3) is 0.667. The summed E-state index contributed by atoms with van der Waals surface area (Å²) in [6, 6.07) is 2.85. The number of aromatic nitrogens is 1. The Kier molecular flexibility index (Phi) is 4.55. The van der Waals surface area contributed by atoms with Gasteiger partial charge in [-0.25, -0.2) is 0 Å². The SMILES string of the molecule is CCCCN1CCCCC1c1ccncc1C. The summed E-state index contributed by atoms with van der Waals surface area (Å²) in [4.78, 5) is 6.88. The van der Waals surface area contributed by atoms with Crippen molar-refractivity contribution in [2.45, 2.75) is 52.0 Å². The third-order valence-corrected chi connectivity index (χ3v) is 3.84. The number of hydrogen-bond donors (Lipinski definition) is 0. The molecule has 2 heterocycles. The predicted molar refractivity (Wildman–Crippen MR) is 72.0 cm³/mol. The average Bonchev–Trinajstić information content (AvgIpc) is 2.37. The van der Waals surface area contributed by atoms with Crippen LogP contribution in [0.5, 0.6) is 0 Å². The van der Waals surface area contributed by atoms with E-state index < -0.39 is 0 Å². The molecule has 2 nitrogen and oxygen atoms in total. The molecule has 94 valence electrons. The second-order valence-corrected chi connectivity index (χ2v) is 5.13. The van der Waals surface area contributed by atoms with E-state index in [4.69, 9.17) is 0 Å². The number of rotatable bonds is 4. The van der Waals surface area contributed by atoms with E-state index in [0.29, 0.717) is 6.04 Å². The molecule has 0 aromatic carbocycles. The summed E-state index contributed by atoms with van der Waals surface area (Å²) < 4.78 is 0. The Balaban J connectivity index is 2.13. The van der Waals surface area contributed by atoms with Crippen LogP contribution in [0, 0.1) is 6.92 Å². The normalized spacial score (nSPS) is 21.6. The molecule has 2 heteroatoms. The van der Waals surface area contributed by atoms with Crippen molar-refractivity contribution in [3.05, 3.63) is 29.6 Å². The van der Waals surface area contributed by atoms with E-state index in [2.05, 4.69) is 29.8 Å². The van der Waals surface area contributed by atoms with Crippen LogP contribution in [0.3, 0.4) is 0 Å². The van der Waals surface area contributed by atoms with Gasteiger partial charge in [-0.3, -0.25) is 9.88 Å². The molecule has 0 amide bonds. The molecule has 2 rings (SSSR count). The van der Waals surface area contributed by atoms with Crippen LogP contribution in [0.1, 0.15) is 56.2 Å². The number of nitrogens with zero attached hydrogens (tertiary/aromatic N) is 2. The minimum absolute atomic E-state index is 0.637. The highest BCUT2D eigenvalue weighted by Crippen LogP contribution is 2.32. The van der Waals surface area contributed by atoms with Gasteiger partial charge in [0.15, 0.2) is 0 Å². The van der Waals surface area contributed by atoms with Crippen molar-refractivity contribution < 1.29 is 0 Å². The van der Waals surface area contributed by atoms with Crippen LogP contribution in [-0.2, 0) is 0 Å². The molecule has 1 fully saturated rings. The van der Waals surface area contributed by atoms with E-state index in [0.717, 1.165) is 0 Å². The van der Waals surface area contributed by atoms with Crippen LogP contribution in [0.4, 0.5) is 0 Å². The van der Waals surface area contributed by atoms with E-state index >= 15 is 0 Å². The highest BCUT2D eigenvalue weighted by atomic mass is 15.2. The molecule has 17 heavy (non-hydrogen) atoms. The molecule has 0 bridgehead atoms. The lowest BCUT2D eigenvalue weighted by Gasteiger charge is -2.36. The van der Waals surface area contributed by atoms with Gasteiger partial charge in [-0.1, -0.05) is 19.8 Å². The Morgan fingerprint density at radius 2 is 2.29 bits per heavy atom. The van der Waals surface area contributed by atoms with Gasteiger partial charge in [0.05, 0.1) is 0 Å². The zero-order valence-electron chi connectivity index (χ0n) is 11.2. The summed E-state index contributed by atoms with van der Waals surface area (Å²) in [5.41, 5.74) is 2.84. The molecule has 1 unspecified atom stereocenters. The van der Waals surface area contributed by atoms with Crippen molar-refractivity contribution in [1.82, 2.24) is 9.88 Å². The molecule has 1 saturated heterocycles. The van der Waals surface area contributed by atoms with Gasteiger partial charge in [-0.2, -0.15) is 0 Å². The fourth-order valence-electron chi connectivity index (χ4n) is 2.83. The maximum Gasteiger partial charge on any atom is 0.0351 e. The lowest BCUT2D eigenvalue weighted by molar-refractivity contribution is 0.146. The van der Waals surface area contributed by atoms with E-state index in [1.807, 2.05) is 12.4 Å². The minimum atomic E-state index is 0.637. The standard InChI is InChI=1S/C15H24N2/c1-3-4-10-17-11-6-5-7-15(17)14-8-9-16-12-13(14)2/h8-9,12,15H,3-7,10-11H2,1-2H3. The summed E-state index contributed by atoms with van der Waals surface area (Å²) in [6.07, 6.45) is 10.6. The topological polar surface area (TPSA) is 16.1 Å². The van der Waals surface area contributed by atoms with E-state index in [1.165, 1.54) is 56.3 Å². The molecule has 0 spiro atoms. The van der Waals surface area contributed by atoms with Crippen molar-refractivity contribution in [2.24, 2.45) is 0 Å². The molecular formula is C15H24N2. The van der Waals surface area contributed by atoms with Crippen LogP contribution in [0.2, 0.25) is 0 Å². The number of pyridine rings is 1. The highest BCUT2D eigenvalue weighted by Gasteiger charge is 2.24. The Labute approximate surface area is 105 Å². The minimum Gasteiger partial charge on any atom is -0.296 e. The third-order valence-electron chi connectivity index (χ3n) is 3.84. The van der Waals surface area contributed by atoms with Crippen molar-refractivity contribution >= 4 is 0 Å². The first-order chi connectivity index (χ1) is 8.33. The van der Waals surface area contributed by atoms with Crippen molar-refractivity contribution in [3.63, 3.8) is 0 Å². The van der Waals surface area contributed by atoms with Crippen LogP contribution < -0.4 is 0 Å². The molecule has 0 N–H and O–H groups in total. The molecule has 1 aliphatic rings. The Morgan fingerprint density at radius 3 is 3.06 bits per heavy atom. The highest BCUT2D eigenvalue weighted by molar-refractivity contribution is 5.25. The van der Waals surface area contributed by atoms with Gasteiger partial charge in [-0.05, 0) is 56.5 Å². The molecule has 1 aliphatic heterocycles. The second-order valence-electron chi connectivity index (χ2n) is 5.13. The summed E-state index contributed by atoms with van der Waals surface area (Å²) in [6.45, 7) is 6.99. The third kappa shape index (κ3) is 3.06. The van der Waals surface area contributed by atoms with Crippen molar-refractivity contribution in [1.29, 1.82) is 0 Å². The number of likely N-dealkylation sites (tertiary alicyclic amines) is 1. The van der Waals surface area contributed by atoms with Gasteiger partial charge < -0.3 is 0 Å². The number of unbranched alkanes of at least 4 members (excludes halogenated alkanes) is 1. The van der Waals surface area contributed by atoms with Crippen LogP contribution in [0.15, 0.2) is 18.5 Å². The molecule has 0 saturated carbocycles. The van der Waals surface area contributed by atoms with Crippen molar-refractivity contribution in [3.8, 4) is 0 Å². The summed E-state index contributed by atoms with van der Waals surface area (Å²) in [7, 11) is 0. The maximum atomic E-state index is 4.21. The second kappa shape index (κ2) is 6.15. The lowest BCUT2D eigenvalue weighted by atomic mass is 9.93. The monoisotopic (exact) mass is 232 g/mol. The summed E-state index contributed by atoms with van der Waals surface area (Å²) in [5, 5.41) is 0. The van der Waals surface area contributed by atoms with Gasteiger partial charge in [0.25, 0.3) is 0 Å². The first-order valence-electron chi connectivity index (χ1n) is 6.97. The molecule has 1 aromatic heterocycles. The average molecular weight is 232 g/mol. The Hall–Kier alpha value is -0.890. The first-order valence-corrected chi connectivity index (χ1v) is 6.97. The molecule has 0 radical (unpaired) electrons. The summed E-state index contributed by atoms with van der Waals surface area (Å²) >= 11 is 0. The molecule has 1 aromatic rings. The zero-order chi connectivity index (χ0) is 12.1. The predicted octanol–water partition coefficient (Wildman–Crippen LogP) is 3.72. The van der Waals surface area contributed by atoms with E-state index in [-0.39, 0.29) is 0 Å². The van der Waals surface area contributed by atoms with Gasteiger partial charge in [0.1, 0.15) is 0 Å². The number of hydrogen-bond acceptors (Lipinski definition) is 2. The van der Waals surface area contributed by atoms with Gasteiger partial charge in [-0.15, -0.1) is 0 Å². The van der Waals surface area contributed by atoms with E-state index in [9.17, 15) is 0 Å². The molecular weight excluding hydrogens is 208 g/mol. The fourth-order valence-corrected chi connectivity index (χ4v) is 2.83. The maximum absolute atomic E-state index is 4.21. The Bertz CT molecular complexity index is 349. The zero-order valence-corrected chi connectivity index (χ0v) is 11.2. The quantitative estimate of drug-likeness (QED) is 0.786.